The lowest BCUT2D eigenvalue weighted by molar-refractivity contribution is -0.162. The first-order valence-corrected chi connectivity index (χ1v) is 6.51. The Morgan fingerprint density at radius 2 is 1.85 bits per heavy atom. The van der Waals surface area contributed by atoms with E-state index in [1.165, 1.54) is 12.1 Å². The molecule has 20 heavy (non-hydrogen) atoms. The Bertz CT molecular complexity index is 481. The van der Waals surface area contributed by atoms with Crippen molar-refractivity contribution in [3.8, 4) is 0 Å². The van der Waals surface area contributed by atoms with E-state index in [4.69, 9.17) is 4.74 Å². The molecule has 0 aliphatic rings. The topological polar surface area (TPSA) is 63.6 Å². The summed E-state index contributed by atoms with van der Waals surface area (Å²) in [5, 5.41) is 9.60. The van der Waals surface area contributed by atoms with Gasteiger partial charge in [0.1, 0.15) is 5.82 Å². The Labute approximate surface area is 117 Å². The average Bonchev–Trinajstić information content (AvgIpc) is 2.36. The zero-order valence-electron chi connectivity index (χ0n) is 11.9. The van der Waals surface area contributed by atoms with Crippen LogP contribution in [-0.4, -0.2) is 23.7 Å². The van der Waals surface area contributed by atoms with Gasteiger partial charge in [-0.15, -0.1) is 0 Å². The Hall–Kier alpha value is -1.91. The van der Waals surface area contributed by atoms with Gasteiger partial charge in [-0.3, -0.25) is 9.59 Å². The average molecular weight is 282 g/mol. The number of benzene rings is 1. The van der Waals surface area contributed by atoms with Crippen molar-refractivity contribution in [2.45, 2.75) is 32.6 Å². The van der Waals surface area contributed by atoms with Crippen LogP contribution >= 0.6 is 0 Å². The van der Waals surface area contributed by atoms with Gasteiger partial charge in [-0.1, -0.05) is 26.0 Å². The van der Waals surface area contributed by atoms with Gasteiger partial charge in [0.2, 0.25) is 0 Å². The summed E-state index contributed by atoms with van der Waals surface area (Å²) in [5.41, 5.74) is -1.56. The van der Waals surface area contributed by atoms with E-state index in [2.05, 4.69) is 0 Å². The highest BCUT2D eigenvalue weighted by Crippen LogP contribution is 2.33. The number of rotatable bonds is 6. The summed E-state index contributed by atoms with van der Waals surface area (Å²) in [6, 6.07) is 4.94. The summed E-state index contributed by atoms with van der Waals surface area (Å²) in [7, 11) is 0. The van der Waals surface area contributed by atoms with Crippen LogP contribution in [0.15, 0.2) is 24.3 Å². The molecule has 5 heteroatoms. The van der Waals surface area contributed by atoms with Crippen molar-refractivity contribution in [3.63, 3.8) is 0 Å². The van der Waals surface area contributed by atoms with Crippen molar-refractivity contribution < 1.29 is 23.8 Å². The summed E-state index contributed by atoms with van der Waals surface area (Å²) in [4.78, 5) is 24.0. The number of ether oxygens (including phenoxy) is 1. The molecule has 0 heterocycles. The lowest BCUT2D eigenvalue weighted by Gasteiger charge is -2.29. The molecule has 4 nitrogen and oxygen atoms in total. The maximum atomic E-state index is 13.0. The van der Waals surface area contributed by atoms with Crippen molar-refractivity contribution in [1.82, 2.24) is 0 Å². The smallest absolute Gasteiger partial charge is 0.328 e. The van der Waals surface area contributed by atoms with Crippen LogP contribution in [0.2, 0.25) is 0 Å². The molecule has 110 valence electrons. The van der Waals surface area contributed by atoms with Crippen molar-refractivity contribution in [1.29, 1.82) is 0 Å². The summed E-state index contributed by atoms with van der Waals surface area (Å²) in [6.45, 7) is 5.35. The van der Waals surface area contributed by atoms with Crippen molar-refractivity contribution >= 4 is 11.9 Å². The molecule has 0 aromatic heterocycles. The first-order valence-electron chi connectivity index (χ1n) is 6.51. The van der Waals surface area contributed by atoms with Crippen LogP contribution in [0.1, 0.15) is 32.8 Å². The van der Waals surface area contributed by atoms with Gasteiger partial charge in [0.25, 0.3) is 0 Å². The van der Waals surface area contributed by atoms with Crippen molar-refractivity contribution in [2.24, 2.45) is 5.92 Å². The van der Waals surface area contributed by atoms with E-state index in [0.717, 1.165) is 12.1 Å². The van der Waals surface area contributed by atoms with Gasteiger partial charge in [-0.2, -0.15) is 0 Å². The normalized spacial score (nSPS) is 13.8. The van der Waals surface area contributed by atoms with E-state index in [-0.39, 0.29) is 24.5 Å². The molecular weight excluding hydrogens is 263 g/mol. The highest BCUT2D eigenvalue weighted by atomic mass is 19.1. The number of esters is 1. The maximum absolute atomic E-state index is 13.0. The van der Waals surface area contributed by atoms with E-state index in [1.807, 2.05) is 13.8 Å². The lowest BCUT2D eigenvalue weighted by atomic mass is 9.74. The first kappa shape index (κ1) is 16.1. The third kappa shape index (κ3) is 3.15. The number of carboxylic acids is 1. The second-order valence-electron chi connectivity index (χ2n) is 5.04. The Kier molecular flexibility index (Phi) is 5.25. The number of carboxylic acid groups (broad SMARTS) is 1. The third-order valence-corrected chi connectivity index (χ3v) is 3.04. The third-order valence-electron chi connectivity index (χ3n) is 3.04. The van der Waals surface area contributed by atoms with Crippen LogP contribution in [0, 0.1) is 11.7 Å². The zero-order valence-corrected chi connectivity index (χ0v) is 11.9. The highest BCUT2D eigenvalue weighted by Gasteiger charge is 2.49. The monoisotopic (exact) mass is 282 g/mol. The standard InChI is InChI=1S/C15H19FO4/c1-4-20-14(19)15(13(17)18,9-10(2)3)11-5-7-12(16)8-6-11/h5-8,10H,4,9H2,1-3H3,(H,17,18). The Morgan fingerprint density at radius 1 is 1.30 bits per heavy atom. The molecule has 0 amide bonds. The second kappa shape index (κ2) is 6.50. The molecule has 0 spiro atoms. The minimum absolute atomic E-state index is 0.0411. The molecule has 0 saturated heterocycles. The van der Waals surface area contributed by atoms with Gasteiger partial charge in [-0.05, 0) is 37.0 Å². The molecule has 0 saturated carbocycles. The summed E-state index contributed by atoms with van der Waals surface area (Å²) in [5.74, 6) is -2.62. The minimum Gasteiger partial charge on any atom is -0.480 e. The fourth-order valence-electron chi connectivity index (χ4n) is 2.22. The van der Waals surface area contributed by atoms with E-state index >= 15 is 0 Å². The predicted octanol–water partition coefficient (Wildman–Crippen LogP) is 2.76. The molecular formula is C15H19FO4. The van der Waals surface area contributed by atoms with E-state index in [9.17, 15) is 19.1 Å². The van der Waals surface area contributed by atoms with Crippen LogP contribution in [0.25, 0.3) is 0 Å². The quantitative estimate of drug-likeness (QED) is 0.643. The van der Waals surface area contributed by atoms with Crippen LogP contribution in [0.4, 0.5) is 4.39 Å². The largest absolute Gasteiger partial charge is 0.480 e. The Morgan fingerprint density at radius 3 is 2.25 bits per heavy atom. The Balaban J connectivity index is 3.39. The molecule has 1 rings (SSSR count). The number of hydrogen-bond donors (Lipinski definition) is 1. The molecule has 1 atom stereocenters. The fraction of sp³-hybridized carbons (Fsp3) is 0.467. The summed E-state index contributed by atoms with van der Waals surface area (Å²) in [6.07, 6.45) is 0.0901. The molecule has 0 fully saturated rings. The molecule has 0 bridgehead atoms. The lowest BCUT2D eigenvalue weighted by Crippen LogP contribution is -2.46. The molecule has 1 aromatic carbocycles. The van der Waals surface area contributed by atoms with Gasteiger partial charge in [0.05, 0.1) is 6.61 Å². The SMILES string of the molecule is CCOC(=O)C(CC(C)C)(C(=O)O)c1ccc(F)cc1. The number of carbonyl (C=O) groups is 2. The maximum Gasteiger partial charge on any atom is 0.328 e. The van der Waals surface area contributed by atoms with E-state index < -0.39 is 23.2 Å². The highest BCUT2D eigenvalue weighted by molar-refractivity contribution is 6.05. The van der Waals surface area contributed by atoms with Gasteiger partial charge < -0.3 is 9.84 Å². The molecule has 0 radical (unpaired) electrons. The number of halogens is 1. The van der Waals surface area contributed by atoms with Gasteiger partial charge in [-0.25, -0.2) is 4.39 Å². The predicted molar refractivity (Wildman–Crippen MR) is 71.8 cm³/mol. The summed E-state index contributed by atoms with van der Waals surface area (Å²) < 4.78 is 18.0. The molecule has 1 aromatic rings. The van der Waals surface area contributed by atoms with E-state index in [0.29, 0.717) is 0 Å². The van der Waals surface area contributed by atoms with Crippen molar-refractivity contribution in [3.05, 3.63) is 35.6 Å². The molecule has 1 N–H and O–H groups in total. The molecule has 0 aliphatic heterocycles. The number of aliphatic carboxylic acids is 1. The van der Waals surface area contributed by atoms with Crippen LogP contribution < -0.4 is 0 Å². The van der Waals surface area contributed by atoms with Crippen LogP contribution in [0.3, 0.4) is 0 Å². The molecule has 1 unspecified atom stereocenters. The van der Waals surface area contributed by atoms with E-state index in [1.54, 1.807) is 6.92 Å². The zero-order chi connectivity index (χ0) is 15.3. The van der Waals surface area contributed by atoms with Gasteiger partial charge in [0.15, 0.2) is 5.41 Å². The molecule has 0 aliphatic carbocycles. The number of carbonyl (C=O) groups excluding carboxylic acids is 1. The second-order valence-corrected chi connectivity index (χ2v) is 5.04. The van der Waals surface area contributed by atoms with Gasteiger partial charge >= 0.3 is 11.9 Å². The van der Waals surface area contributed by atoms with Crippen LogP contribution in [0.5, 0.6) is 0 Å². The minimum atomic E-state index is -1.79. The fourth-order valence-corrected chi connectivity index (χ4v) is 2.22. The first-order chi connectivity index (χ1) is 9.34. The van der Waals surface area contributed by atoms with Gasteiger partial charge in [0, 0.05) is 0 Å². The van der Waals surface area contributed by atoms with Crippen LogP contribution in [-0.2, 0) is 19.7 Å². The number of hydrogen-bond acceptors (Lipinski definition) is 3. The summed E-state index contributed by atoms with van der Waals surface area (Å²) >= 11 is 0. The van der Waals surface area contributed by atoms with Crippen molar-refractivity contribution in [2.75, 3.05) is 6.61 Å².